The van der Waals surface area contributed by atoms with Crippen molar-refractivity contribution in [3.8, 4) is 0 Å². The number of halogens is 1. The summed E-state index contributed by atoms with van der Waals surface area (Å²) in [6, 6.07) is 24.4. The second kappa shape index (κ2) is 7.18. The molecule has 2 heterocycles. The topological polar surface area (TPSA) is 16.1 Å². The largest absolute Gasteiger partial charge is 0.302 e. The number of anilines is 1. The van der Waals surface area contributed by atoms with Crippen molar-refractivity contribution in [3.05, 3.63) is 107 Å². The SMILES string of the molecule is ClC(=C1SC=C(c2ccncc2)N1c1ccccc1)c1ccccc1. The van der Waals surface area contributed by atoms with Crippen molar-refractivity contribution in [1.29, 1.82) is 0 Å². The van der Waals surface area contributed by atoms with Gasteiger partial charge in [0.1, 0.15) is 5.03 Å². The summed E-state index contributed by atoms with van der Waals surface area (Å²) in [6.07, 6.45) is 3.62. The average molecular weight is 363 g/mol. The number of thioether (sulfide) groups is 1. The first-order chi connectivity index (χ1) is 12.3. The van der Waals surface area contributed by atoms with E-state index in [4.69, 9.17) is 11.6 Å². The van der Waals surface area contributed by atoms with Crippen molar-refractivity contribution in [2.45, 2.75) is 0 Å². The normalized spacial score (nSPS) is 15.9. The maximum Gasteiger partial charge on any atom is 0.104 e. The zero-order valence-corrected chi connectivity index (χ0v) is 14.9. The van der Waals surface area contributed by atoms with Gasteiger partial charge in [-0.1, -0.05) is 71.9 Å². The second-order valence-corrected chi connectivity index (χ2v) is 6.75. The Kier molecular flexibility index (Phi) is 4.59. The summed E-state index contributed by atoms with van der Waals surface area (Å²) in [7, 11) is 0. The van der Waals surface area contributed by atoms with Crippen LogP contribution in [0.25, 0.3) is 10.7 Å². The van der Waals surface area contributed by atoms with Gasteiger partial charge in [0.2, 0.25) is 0 Å². The highest BCUT2D eigenvalue weighted by molar-refractivity contribution is 8.06. The maximum atomic E-state index is 6.78. The Balaban J connectivity index is 1.84. The molecule has 0 N–H and O–H groups in total. The first-order valence-electron chi connectivity index (χ1n) is 7.92. The van der Waals surface area contributed by atoms with Gasteiger partial charge in [-0.15, -0.1) is 0 Å². The van der Waals surface area contributed by atoms with Crippen molar-refractivity contribution in [3.63, 3.8) is 0 Å². The van der Waals surface area contributed by atoms with E-state index >= 15 is 0 Å². The van der Waals surface area contributed by atoms with E-state index in [1.54, 1.807) is 11.8 Å². The van der Waals surface area contributed by atoms with Gasteiger partial charge in [0, 0.05) is 29.1 Å². The number of hydrogen-bond donors (Lipinski definition) is 0. The van der Waals surface area contributed by atoms with Gasteiger partial charge >= 0.3 is 0 Å². The van der Waals surface area contributed by atoms with Crippen LogP contribution in [0.1, 0.15) is 11.1 Å². The molecule has 0 fully saturated rings. The number of hydrogen-bond acceptors (Lipinski definition) is 3. The van der Waals surface area contributed by atoms with Crippen LogP contribution in [0.4, 0.5) is 5.69 Å². The lowest BCUT2D eigenvalue weighted by Crippen LogP contribution is -2.16. The minimum absolute atomic E-state index is 0.745. The Morgan fingerprint density at radius 3 is 2.16 bits per heavy atom. The lowest BCUT2D eigenvalue weighted by Gasteiger charge is -2.25. The summed E-state index contributed by atoms with van der Waals surface area (Å²) in [5.41, 5.74) is 4.30. The fourth-order valence-electron chi connectivity index (χ4n) is 2.74. The van der Waals surface area contributed by atoms with Crippen molar-refractivity contribution in [1.82, 2.24) is 4.98 Å². The molecule has 1 aliphatic heterocycles. The number of pyridine rings is 1. The van der Waals surface area contributed by atoms with Gasteiger partial charge < -0.3 is 4.90 Å². The molecule has 3 aromatic rings. The lowest BCUT2D eigenvalue weighted by atomic mass is 10.1. The second-order valence-electron chi connectivity index (χ2n) is 5.51. The number of aromatic nitrogens is 1. The molecule has 0 saturated carbocycles. The number of para-hydroxylation sites is 1. The summed E-state index contributed by atoms with van der Waals surface area (Å²) < 4.78 is 0. The quantitative estimate of drug-likeness (QED) is 0.552. The molecule has 122 valence electrons. The number of benzene rings is 2. The van der Waals surface area contributed by atoms with E-state index in [1.807, 2.05) is 73.1 Å². The van der Waals surface area contributed by atoms with Gasteiger partial charge in [-0.05, 0) is 29.8 Å². The predicted octanol–water partition coefficient (Wildman–Crippen LogP) is 6.20. The molecule has 1 aromatic heterocycles. The summed E-state index contributed by atoms with van der Waals surface area (Å²) in [5.74, 6) is 0. The Hall–Kier alpha value is -2.49. The molecule has 4 heteroatoms. The number of rotatable bonds is 3. The van der Waals surface area contributed by atoms with E-state index in [0.717, 1.165) is 32.6 Å². The molecule has 0 unspecified atom stereocenters. The molecule has 0 radical (unpaired) electrons. The Morgan fingerprint density at radius 2 is 1.48 bits per heavy atom. The standard InChI is InChI=1S/C21H15ClN2S/c22-20(17-7-3-1-4-8-17)21-24(18-9-5-2-6-10-18)19(15-25-21)16-11-13-23-14-12-16/h1-15H. The van der Waals surface area contributed by atoms with Gasteiger partial charge in [0.25, 0.3) is 0 Å². The molecule has 1 aliphatic rings. The van der Waals surface area contributed by atoms with E-state index in [0.29, 0.717) is 0 Å². The van der Waals surface area contributed by atoms with E-state index in [2.05, 4.69) is 27.4 Å². The fraction of sp³-hybridized carbons (Fsp3) is 0. The molecular formula is C21H15ClN2S. The molecule has 2 aromatic carbocycles. The highest BCUT2D eigenvalue weighted by atomic mass is 35.5. The minimum Gasteiger partial charge on any atom is -0.302 e. The molecule has 0 bridgehead atoms. The van der Waals surface area contributed by atoms with Gasteiger partial charge in [0.05, 0.1) is 10.7 Å². The summed E-state index contributed by atoms with van der Waals surface area (Å²) >= 11 is 8.42. The molecule has 4 rings (SSSR count). The zero-order valence-electron chi connectivity index (χ0n) is 13.3. The molecular weight excluding hydrogens is 348 g/mol. The van der Waals surface area contributed by atoms with E-state index < -0.39 is 0 Å². The first-order valence-corrected chi connectivity index (χ1v) is 9.18. The molecule has 0 amide bonds. The minimum atomic E-state index is 0.745. The van der Waals surface area contributed by atoms with Gasteiger partial charge in [-0.25, -0.2) is 0 Å². The van der Waals surface area contributed by atoms with Crippen LogP contribution >= 0.6 is 23.4 Å². The summed E-state index contributed by atoms with van der Waals surface area (Å²) in [5, 5.41) is 3.89. The third-order valence-electron chi connectivity index (χ3n) is 3.93. The molecule has 0 aliphatic carbocycles. The predicted molar refractivity (Wildman–Crippen MR) is 108 cm³/mol. The zero-order chi connectivity index (χ0) is 17.1. The van der Waals surface area contributed by atoms with Crippen molar-refractivity contribution in [2.24, 2.45) is 0 Å². The van der Waals surface area contributed by atoms with Gasteiger partial charge in [-0.3, -0.25) is 4.98 Å². The Bertz CT molecular complexity index is 922. The van der Waals surface area contributed by atoms with Crippen molar-refractivity contribution in [2.75, 3.05) is 4.90 Å². The van der Waals surface area contributed by atoms with Crippen LogP contribution in [0.15, 0.2) is 95.6 Å². The first kappa shape index (κ1) is 16.0. The van der Waals surface area contributed by atoms with Crippen LogP contribution in [-0.2, 0) is 0 Å². The van der Waals surface area contributed by atoms with Crippen molar-refractivity contribution < 1.29 is 0 Å². The maximum absolute atomic E-state index is 6.78. The Morgan fingerprint density at radius 1 is 0.840 bits per heavy atom. The van der Waals surface area contributed by atoms with Crippen LogP contribution in [0, 0.1) is 0 Å². The molecule has 0 saturated heterocycles. The summed E-state index contributed by atoms with van der Waals surface area (Å²) in [6.45, 7) is 0. The van der Waals surface area contributed by atoms with Crippen LogP contribution < -0.4 is 4.90 Å². The van der Waals surface area contributed by atoms with Crippen molar-refractivity contribution >= 4 is 39.8 Å². The molecule has 25 heavy (non-hydrogen) atoms. The van der Waals surface area contributed by atoms with Crippen LogP contribution in [0.5, 0.6) is 0 Å². The Labute approximate surface area is 156 Å². The lowest BCUT2D eigenvalue weighted by molar-refractivity contribution is 1.26. The smallest absolute Gasteiger partial charge is 0.104 e. The monoisotopic (exact) mass is 362 g/mol. The van der Waals surface area contributed by atoms with E-state index in [-0.39, 0.29) is 0 Å². The number of nitrogens with zero attached hydrogens (tertiary/aromatic N) is 2. The highest BCUT2D eigenvalue weighted by Crippen LogP contribution is 2.46. The molecule has 2 nitrogen and oxygen atoms in total. The highest BCUT2D eigenvalue weighted by Gasteiger charge is 2.27. The summed E-state index contributed by atoms with van der Waals surface area (Å²) in [4.78, 5) is 6.33. The van der Waals surface area contributed by atoms with E-state index in [1.165, 1.54) is 0 Å². The van der Waals surface area contributed by atoms with Crippen LogP contribution in [0.3, 0.4) is 0 Å². The van der Waals surface area contributed by atoms with E-state index in [9.17, 15) is 0 Å². The fourth-order valence-corrected chi connectivity index (χ4v) is 4.08. The molecule has 0 spiro atoms. The average Bonchev–Trinajstić information content (AvgIpc) is 3.14. The third kappa shape index (κ3) is 3.21. The van der Waals surface area contributed by atoms with Crippen LogP contribution in [0.2, 0.25) is 0 Å². The molecule has 0 atom stereocenters. The third-order valence-corrected chi connectivity index (χ3v) is 5.39. The van der Waals surface area contributed by atoms with Gasteiger partial charge in [0.15, 0.2) is 0 Å². The van der Waals surface area contributed by atoms with Gasteiger partial charge in [-0.2, -0.15) is 0 Å². The van der Waals surface area contributed by atoms with Crippen LogP contribution in [-0.4, -0.2) is 4.98 Å².